The van der Waals surface area contributed by atoms with E-state index in [0.29, 0.717) is 33.7 Å². The SMILES string of the molecule is CCOc1ccc2nc(Sc3nc(Nc4ccc(Cl)cc4)nc(Nc4ccc(Cl)cc4)n3)sc2c1. The van der Waals surface area contributed by atoms with E-state index in [0.717, 1.165) is 31.7 Å². The van der Waals surface area contributed by atoms with Crippen molar-refractivity contribution >= 4 is 79.8 Å². The lowest BCUT2D eigenvalue weighted by Crippen LogP contribution is -2.05. The number of thiazole rings is 1. The molecular weight excluding hydrogens is 523 g/mol. The molecule has 2 aromatic heterocycles. The minimum atomic E-state index is 0.390. The maximum absolute atomic E-state index is 6.01. The Morgan fingerprint density at radius 3 is 1.97 bits per heavy atom. The Balaban J connectivity index is 1.45. The van der Waals surface area contributed by atoms with Gasteiger partial charge in [0.15, 0.2) is 4.34 Å². The van der Waals surface area contributed by atoms with Crippen LogP contribution >= 0.6 is 46.3 Å². The first-order valence-electron chi connectivity index (χ1n) is 10.6. The summed E-state index contributed by atoms with van der Waals surface area (Å²) in [5.74, 6) is 1.60. The summed E-state index contributed by atoms with van der Waals surface area (Å²) in [6.45, 7) is 2.58. The Kier molecular flexibility index (Phi) is 7.19. The van der Waals surface area contributed by atoms with E-state index in [1.807, 2.05) is 49.4 Å². The predicted molar refractivity (Wildman–Crippen MR) is 144 cm³/mol. The highest BCUT2D eigenvalue weighted by Gasteiger charge is 2.13. The van der Waals surface area contributed by atoms with Crippen molar-refractivity contribution in [3.63, 3.8) is 0 Å². The van der Waals surface area contributed by atoms with Gasteiger partial charge in [-0.15, -0.1) is 11.3 Å². The van der Waals surface area contributed by atoms with Gasteiger partial charge in [-0.2, -0.15) is 15.0 Å². The quantitative estimate of drug-likeness (QED) is 0.206. The second kappa shape index (κ2) is 10.7. The molecule has 176 valence electrons. The van der Waals surface area contributed by atoms with Crippen LogP contribution in [0.1, 0.15) is 6.92 Å². The summed E-state index contributed by atoms with van der Waals surface area (Å²) in [4.78, 5) is 18.4. The Morgan fingerprint density at radius 1 is 0.800 bits per heavy atom. The van der Waals surface area contributed by atoms with Gasteiger partial charge >= 0.3 is 0 Å². The zero-order valence-corrected chi connectivity index (χ0v) is 21.5. The second-order valence-corrected chi connectivity index (χ2v) is 10.3. The normalized spacial score (nSPS) is 10.9. The van der Waals surface area contributed by atoms with Crippen molar-refractivity contribution in [3.05, 3.63) is 76.8 Å². The number of ether oxygens (including phenoxy) is 1. The Labute approximate surface area is 219 Å². The van der Waals surface area contributed by atoms with Crippen LogP contribution < -0.4 is 15.4 Å². The maximum atomic E-state index is 6.01. The lowest BCUT2D eigenvalue weighted by Gasteiger charge is -2.10. The van der Waals surface area contributed by atoms with Crippen LogP contribution in [0.15, 0.2) is 76.2 Å². The van der Waals surface area contributed by atoms with Gasteiger partial charge in [0.05, 0.1) is 16.8 Å². The van der Waals surface area contributed by atoms with Gasteiger partial charge < -0.3 is 15.4 Å². The molecule has 5 aromatic rings. The maximum Gasteiger partial charge on any atom is 0.233 e. The molecule has 0 saturated heterocycles. The molecular formula is C24H18Cl2N6OS2. The number of hydrogen-bond acceptors (Lipinski definition) is 9. The van der Waals surface area contributed by atoms with Crippen molar-refractivity contribution in [2.45, 2.75) is 16.4 Å². The van der Waals surface area contributed by atoms with E-state index in [4.69, 9.17) is 32.9 Å². The van der Waals surface area contributed by atoms with Crippen LogP contribution in [0.2, 0.25) is 10.0 Å². The highest BCUT2D eigenvalue weighted by atomic mass is 35.5. The number of anilines is 4. The first kappa shape index (κ1) is 23.6. The van der Waals surface area contributed by atoms with Gasteiger partial charge in [-0.3, -0.25) is 0 Å². The summed E-state index contributed by atoms with van der Waals surface area (Å²) in [6.07, 6.45) is 0. The fraction of sp³-hybridized carbons (Fsp3) is 0.0833. The molecule has 35 heavy (non-hydrogen) atoms. The molecule has 0 spiro atoms. The van der Waals surface area contributed by atoms with Crippen LogP contribution in [0.5, 0.6) is 5.75 Å². The first-order valence-corrected chi connectivity index (χ1v) is 13.0. The van der Waals surface area contributed by atoms with Crippen LogP contribution in [0.3, 0.4) is 0 Å². The molecule has 0 aliphatic heterocycles. The zero-order chi connectivity index (χ0) is 24.2. The van der Waals surface area contributed by atoms with Gasteiger partial charge in [0.1, 0.15) is 5.75 Å². The summed E-state index contributed by atoms with van der Waals surface area (Å²) >= 11 is 14.9. The van der Waals surface area contributed by atoms with Gasteiger partial charge in [0.25, 0.3) is 0 Å². The molecule has 0 amide bonds. The van der Waals surface area contributed by atoms with E-state index in [-0.39, 0.29) is 0 Å². The third-order valence-electron chi connectivity index (χ3n) is 4.65. The predicted octanol–water partition coefficient (Wildman–Crippen LogP) is 7.83. The Morgan fingerprint density at radius 2 is 1.40 bits per heavy atom. The highest BCUT2D eigenvalue weighted by molar-refractivity contribution is 8.01. The molecule has 0 fully saturated rings. The summed E-state index contributed by atoms with van der Waals surface area (Å²) < 4.78 is 7.46. The van der Waals surface area contributed by atoms with E-state index in [1.165, 1.54) is 11.8 Å². The van der Waals surface area contributed by atoms with Crippen LogP contribution in [0.4, 0.5) is 23.3 Å². The van der Waals surface area contributed by atoms with Crippen LogP contribution in [-0.2, 0) is 0 Å². The van der Waals surface area contributed by atoms with Crippen molar-refractivity contribution in [2.24, 2.45) is 0 Å². The summed E-state index contributed by atoms with van der Waals surface area (Å²) in [5.41, 5.74) is 2.50. The third-order valence-corrected chi connectivity index (χ3v) is 7.09. The van der Waals surface area contributed by atoms with E-state index >= 15 is 0 Å². The highest BCUT2D eigenvalue weighted by Crippen LogP contribution is 2.35. The smallest absolute Gasteiger partial charge is 0.233 e. The number of aromatic nitrogens is 4. The van der Waals surface area contributed by atoms with Crippen LogP contribution in [0.25, 0.3) is 10.2 Å². The van der Waals surface area contributed by atoms with Gasteiger partial charge in [-0.25, -0.2) is 4.98 Å². The topological polar surface area (TPSA) is 84.9 Å². The molecule has 5 rings (SSSR count). The third kappa shape index (κ3) is 6.12. The molecule has 0 unspecified atom stereocenters. The standard InChI is InChI=1S/C24H18Cl2N6OS2/c1-2-33-18-11-12-19-20(13-18)34-24(29-19)35-23-31-21(27-16-7-3-14(25)4-8-16)30-22(32-23)28-17-9-5-15(26)6-10-17/h3-13H,2H2,1H3,(H2,27,28,30,31,32). The Bertz CT molecular complexity index is 1400. The second-order valence-electron chi connectivity index (χ2n) is 7.17. The lowest BCUT2D eigenvalue weighted by molar-refractivity contribution is 0.341. The fourth-order valence-corrected chi connectivity index (χ4v) is 5.30. The number of rotatable bonds is 8. The van der Waals surface area contributed by atoms with Gasteiger partial charge in [-0.1, -0.05) is 23.2 Å². The number of nitrogens with zero attached hydrogens (tertiary/aromatic N) is 4. The van der Waals surface area contributed by atoms with E-state index in [1.54, 1.807) is 35.6 Å². The number of hydrogen-bond donors (Lipinski definition) is 2. The average molecular weight is 541 g/mol. The molecule has 0 saturated carbocycles. The molecule has 2 heterocycles. The lowest BCUT2D eigenvalue weighted by atomic mass is 10.3. The molecule has 11 heteroatoms. The number of benzene rings is 3. The van der Waals surface area contributed by atoms with E-state index in [2.05, 4.69) is 25.6 Å². The summed E-state index contributed by atoms with van der Waals surface area (Å²) in [6, 6.07) is 20.5. The van der Waals surface area contributed by atoms with Crippen molar-refractivity contribution in [3.8, 4) is 5.75 Å². The number of nitrogens with one attached hydrogen (secondary N) is 2. The van der Waals surface area contributed by atoms with Crippen molar-refractivity contribution in [1.82, 2.24) is 19.9 Å². The van der Waals surface area contributed by atoms with Crippen molar-refractivity contribution < 1.29 is 4.74 Å². The molecule has 3 aromatic carbocycles. The minimum Gasteiger partial charge on any atom is -0.494 e. The van der Waals surface area contributed by atoms with Gasteiger partial charge in [0.2, 0.25) is 17.1 Å². The largest absolute Gasteiger partial charge is 0.494 e. The fourth-order valence-electron chi connectivity index (χ4n) is 3.10. The van der Waals surface area contributed by atoms with Crippen molar-refractivity contribution in [1.29, 1.82) is 0 Å². The van der Waals surface area contributed by atoms with E-state index < -0.39 is 0 Å². The van der Waals surface area contributed by atoms with Crippen molar-refractivity contribution in [2.75, 3.05) is 17.2 Å². The monoisotopic (exact) mass is 540 g/mol. The molecule has 2 N–H and O–H groups in total. The molecule has 0 aliphatic rings. The number of fused-ring (bicyclic) bond motifs is 1. The Hall–Kier alpha value is -3.11. The molecule has 7 nitrogen and oxygen atoms in total. The molecule has 0 aliphatic carbocycles. The number of halogens is 2. The first-order chi connectivity index (χ1) is 17.0. The molecule has 0 atom stereocenters. The van der Waals surface area contributed by atoms with Crippen LogP contribution in [-0.4, -0.2) is 26.5 Å². The van der Waals surface area contributed by atoms with Gasteiger partial charge in [0, 0.05) is 21.4 Å². The van der Waals surface area contributed by atoms with E-state index in [9.17, 15) is 0 Å². The summed E-state index contributed by atoms with van der Waals surface area (Å²) in [5, 5.41) is 8.22. The average Bonchev–Trinajstić information content (AvgIpc) is 3.24. The van der Waals surface area contributed by atoms with Crippen LogP contribution in [0, 0.1) is 0 Å². The summed E-state index contributed by atoms with van der Waals surface area (Å²) in [7, 11) is 0. The van der Waals surface area contributed by atoms with Gasteiger partial charge in [-0.05, 0) is 85.4 Å². The molecule has 0 radical (unpaired) electrons. The zero-order valence-electron chi connectivity index (χ0n) is 18.3. The minimum absolute atomic E-state index is 0.390. The molecule has 0 bridgehead atoms.